The molecular weight excluding hydrogens is 1360 g/mol. The van der Waals surface area contributed by atoms with Gasteiger partial charge in [-0.3, -0.25) is 29.0 Å². The van der Waals surface area contributed by atoms with E-state index in [1.54, 1.807) is 0 Å². The zero-order valence-corrected chi connectivity index (χ0v) is 66.4. The fraction of sp³-hybridized carbons (Fsp3) is 0.320. The number of benzene rings is 12. The number of nitrogens with zero attached hydrogens (tertiary/aromatic N) is 2. The molecule has 0 spiro atoms. The van der Waals surface area contributed by atoms with Crippen molar-refractivity contribution in [3.63, 3.8) is 0 Å². The lowest BCUT2D eigenvalue weighted by atomic mass is 9.95. The highest BCUT2D eigenvalue weighted by Crippen LogP contribution is 2.50. The van der Waals surface area contributed by atoms with Crippen molar-refractivity contribution in [1.82, 2.24) is 9.80 Å². The maximum absolute atomic E-state index is 13.1. The predicted molar refractivity (Wildman–Crippen MR) is 451 cm³/mol. The van der Waals surface area contributed by atoms with Gasteiger partial charge >= 0.3 is 0 Å². The summed E-state index contributed by atoms with van der Waals surface area (Å²) in [5.74, 6) is 2.25. The highest BCUT2D eigenvalue weighted by atomic mass is 16.5. The first-order chi connectivity index (χ1) is 53.1. The summed E-state index contributed by atoms with van der Waals surface area (Å²) >= 11 is 0. The van der Waals surface area contributed by atoms with Crippen LogP contribution in [0.3, 0.4) is 0 Å². The summed E-state index contributed by atoms with van der Waals surface area (Å²) in [6.45, 7) is 18.8. The van der Waals surface area contributed by atoms with Crippen molar-refractivity contribution in [2.75, 3.05) is 28.2 Å². The SMILES string of the molecule is CC(C)OCc1ccc(C(C(=O)Cc2ccc3ccccc3c2)N(C)C)cc1.CC(C)OCc1ccc(C2CC2C(=O)Cc2ccc3ccccc3c2)cc1.CC(C)OCc1ccc([C@@H]2C[C@H]2C(=O)Cc2ccc3ccccc3c2)cc1.CC(C)OCc1ccc([C@H](C(=O)Cc2ccc3ccccc3c2)N(C)C)cc1. The minimum atomic E-state index is -0.258. The van der Waals surface area contributed by atoms with E-state index in [-0.39, 0.29) is 59.9 Å². The Kier molecular flexibility index (Phi) is 28.9. The summed E-state index contributed by atoms with van der Waals surface area (Å²) in [7, 11) is 7.83. The van der Waals surface area contributed by atoms with Gasteiger partial charge in [-0.2, -0.15) is 0 Å². The van der Waals surface area contributed by atoms with Gasteiger partial charge < -0.3 is 18.9 Å². The molecule has 0 aromatic heterocycles. The summed E-state index contributed by atoms with van der Waals surface area (Å²) in [5.41, 5.74) is 13.5. The summed E-state index contributed by atoms with van der Waals surface area (Å²) in [5, 5.41) is 9.58. The van der Waals surface area contributed by atoms with Crippen molar-refractivity contribution in [1.29, 1.82) is 0 Å². The molecule has 0 radical (unpaired) electrons. The van der Waals surface area contributed by atoms with Crippen LogP contribution in [-0.2, 0) is 90.2 Å². The third-order valence-corrected chi connectivity index (χ3v) is 20.6. The molecule has 12 aromatic carbocycles. The number of Topliss-reactive ketones (excluding diaryl/α,β-unsaturated/α-hetero) is 4. The van der Waals surface area contributed by atoms with Crippen LogP contribution in [0.15, 0.2) is 267 Å². The highest BCUT2D eigenvalue weighted by Gasteiger charge is 2.44. The number of rotatable bonds is 30. The number of fused-ring (bicyclic) bond motifs is 4. The van der Waals surface area contributed by atoms with E-state index in [1.165, 1.54) is 65.3 Å². The number of hydrogen-bond acceptors (Lipinski definition) is 10. The zero-order chi connectivity index (χ0) is 77.8. The molecule has 2 saturated carbocycles. The fourth-order valence-electron chi connectivity index (χ4n) is 14.4. The largest absolute Gasteiger partial charge is 0.374 e. The Bertz CT molecular complexity index is 4690. The molecule has 2 aliphatic carbocycles. The molecule has 2 fully saturated rings. The molecule has 0 heterocycles. The first-order valence-electron chi connectivity index (χ1n) is 39.2. The molecule has 6 atom stereocenters. The van der Waals surface area contributed by atoms with Crippen LogP contribution in [0.25, 0.3) is 43.1 Å². The van der Waals surface area contributed by atoms with Crippen molar-refractivity contribution in [2.45, 2.75) is 169 Å². The number of carbonyl (C=O) groups excluding carboxylic acids is 4. The van der Waals surface area contributed by atoms with Gasteiger partial charge in [-0.25, -0.2) is 0 Å². The van der Waals surface area contributed by atoms with Crippen molar-refractivity contribution in [2.24, 2.45) is 11.8 Å². The Morgan fingerprint density at radius 3 is 0.764 bits per heavy atom. The summed E-state index contributed by atoms with van der Waals surface area (Å²) < 4.78 is 22.6. The summed E-state index contributed by atoms with van der Waals surface area (Å²) in [6, 6.07) is 91.3. The molecule has 3 unspecified atom stereocenters. The monoisotopic (exact) mass is 1470 g/mol. The topological polar surface area (TPSA) is 112 Å². The number of ether oxygens (including phenoxy) is 4. The first-order valence-corrected chi connectivity index (χ1v) is 39.2. The molecule has 2 aliphatic rings. The maximum atomic E-state index is 13.1. The lowest BCUT2D eigenvalue weighted by molar-refractivity contribution is -0.123. The van der Waals surface area contributed by atoms with Gasteiger partial charge in [0.1, 0.15) is 11.6 Å². The molecule has 0 bridgehead atoms. The summed E-state index contributed by atoms with van der Waals surface area (Å²) in [4.78, 5) is 55.7. The van der Waals surface area contributed by atoms with Crippen molar-refractivity contribution in [3.05, 3.63) is 334 Å². The maximum Gasteiger partial charge on any atom is 0.158 e. The lowest BCUT2D eigenvalue weighted by Gasteiger charge is -2.24. The molecule has 0 N–H and O–H groups in total. The fourth-order valence-corrected chi connectivity index (χ4v) is 14.4. The molecule has 110 heavy (non-hydrogen) atoms. The van der Waals surface area contributed by atoms with Crippen molar-refractivity contribution < 1.29 is 38.1 Å². The van der Waals surface area contributed by atoms with Gasteiger partial charge in [0.2, 0.25) is 0 Å². The Morgan fingerprint density at radius 2 is 0.518 bits per heavy atom. The number of hydrogen-bond donors (Lipinski definition) is 0. The van der Waals surface area contributed by atoms with Gasteiger partial charge in [0.15, 0.2) is 11.6 Å². The molecule has 10 heteroatoms. The molecule has 10 nitrogen and oxygen atoms in total. The van der Waals surface area contributed by atoms with Crippen LogP contribution in [0.2, 0.25) is 0 Å². The quantitative estimate of drug-likeness (QED) is 0.0431. The molecular formula is C100H110N2O8. The van der Waals surface area contributed by atoms with Crippen LogP contribution in [0, 0.1) is 11.8 Å². The molecule has 14 rings (SSSR count). The highest BCUT2D eigenvalue weighted by molar-refractivity contribution is 5.93. The van der Waals surface area contributed by atoms with E-state index in [0.29, 0.717) is 75.5 Å². The van der Waals surface area contributed by atoms with Gasteiger partial charge in [0.05, 0.1) is 62.9 Å². The van der Waals surface area contributed by atoms with E-state index < -0.39 is 0 Å². The first kappa shape index (κ1) is 81.1. The van der Waals surface area contributed by atoms with E-state index in [4.69, 9.17) is 18.9 Å². The van der Waals surface area contributed by atoms with Crippen LogP contribution in [-0.4, -0.2) is 85.5 Å². The van der Waals surface area contributed by atoms with Crippen LogP contribution in [0.5, 0.6) is 0 Å². The zero-order valence-electron chi connectivity index (χ0n) is 66.4. The van der Waals surface area contributed by atoms with Crippen LogP contribution in [0.1, 0.15) is 159 Å². The average Bonchev–Trinajstić information content (AvgIpc) is 1.63. The molecule has 0 amide bonds. The van der Waals surface area contributed by atoms with Crippen LogP contribution >= 0.6 is 0 Å². The van der Waals surface area contributed by atoms with E-state index in [9.17, 15) is 19.2 Å². The molecule has 0 saturated heterocycles. The minimum absolute atomic E-state index is 0.175. The van der Waals surface area contributed by atoms with Gasteiger partial charge in [0, 0.05) is 37.5 Å². The molecule has 568 valence electrons. The normalized spacial score (nSPS) is 15.7. The summed E-state index contributed by atoms with van der Waals surface area (Å²) in [6.07, 6.45) is 4.77. The average molecular weight is 1470 g/mol. The smallest absolute Gasteiger partial charge is 0.158 e. The van der Waals surface area contributed by atoms with E-state index >= 15 is 0 Å². The van der Waals surface area contributed by atoms with Crippen LogP contribution < -0.4 is 0 Å². The standard InChI is InChI=1S/2C25H29NO2.2C25H26O2/c2*1-18(2)28-17-19-9-13-22(14-10-19)25(26(3)4)24(27)16-20-11-12-21-7-5-6-8-23(21)15-20;2*1-17(2)27-16-18-7-11-21(12-8-18)23-15-24(23)25(26)14-19-9-10-20-5-3-4-6-22(20)13-19/h2*5-15,18,25H,16-17H2,1-4H3;2*3-13,17,23-24H,14-16H2,1-2H3/t25-;;23-,24+;/m1.0./s1. The Balaban J connectivity index is 0.000000145. The van der Waals surface area contributed by atoms with E-state index in [2.05, 4.69) is 194 Å². The third kappa shape index (κ3) is 23.6. The van der Waals surface area contributed by atoms with Crippen molar-refractivity contribution in [3.8, 4) is 0 Å². The molecule has 0 aliphatic heterocycles. The Hall–Kier alpha value is -9.88. The van der Waals surface area contributed by atoms with Gasteiger partial charge in [-0.1, -0.05) is 267 Å². The number of ketones is 4. The van der Waals surface area contributed by atoms with Crippen molar-refractivity contribution >= 4 is 66.2 Å². The van der Waals surface area contributed by atoms with E-state index in [1.807, 2.05) is 166 Å². The lowest BCUT2D eigenvalue weighted by Crippen LogP contribution is -2.29. The third-order valence-electron chi connectivity index (χ3n) is 20.6. The van der Waals surface area contributed by atoms with Crippen LogP contribution in [0.4, 0.5) is 0 Å². The second-order valence-electron chi connectivity index (χ2n) is 31.3. The second-order valence-corrected chi connectivity index (χ2v) is 31.3. The Labute approximate surface area is 652 Å². The van der Waals surface area contributed by atoms with E-state index in [0.717, 1.165) is 57.3 Å². The Morgan fingerprint density at radius 1 is 0.291 bits per heavy atom. The van der Waals surface area contributed by atoms with Gasteiger partial charge in [-0.15, -0.1) is 0 Å². The van der Waals surface area contributed by atoms with Gasteiger partial charge in [0.25, 0.3) is 0 Å². The second kappa shape index (κ2) is 39.2. The minimum Gasteiger partial charge on any atom is -0.374 e. The number of carbonyl (C=O) groups is 4. The molecule has 12 aromatic rings. The number of likely N-dealkylation sites (N-methyl/N-ethyl adjacent to an activating group) is 2. The predicted octanol–water partition coefficient (Wildman–Crippen LogP) is 21.7. The van der Waals surface area contributed by atoms with Gasteiger partial charge in [-0.05, 0) is 218 Å².